The summed E-state index contributed by atoms with van der Waals surface area (Å²) in [4.78, 5) is 4.77. The molecule has 0 spiro atoms. The minimum atomic E-state index is 0.595. The molecule has 0 aromatic heterocycles. The average Bonchev–Trinajstić information content (AvgIpc) is 2.74. The molecule has 0 fully saturated rings. The van der Waals surface area contributed by atoms with E-state index in [9.17, 15) is 0 Å². The molecule has 0 atom stereocenters. The molecule has 0 heterocycles. The highest BCUT2D eigenvalue weighted by molar-refractivity contribution is 5.71. The molecule has 0 aliphatic heterocycles. The van der Waals surface area contributed by atoms with Crippen molar-refractivity contribution in [1.29, 1.82) is 0 Å². The number of quaternary nitrogens is 1. The summed E-state index contributed by atoms with van der Waals surface area (Å²) in [5, 5.41) is 0. The molecule has 3 aromatic rings. The number of guanidine groups is 1. The van der Waals surface area contributed by atoms with Crippen LogP contribution >= 0.6 is 0 Å². The van der Waals surface area contributed by atoms with Gasteiger partial charge >= 0.3 is 0 Å². The summed E-state index contributed by atoms with van der Waals surface area (Å²) in [5.41, 5.74) is 10.5. The number of nitrogens with two attached hydrogens (primary N) is 1. The van der Waals surface area contributed by atoms with E-state index >= 15 is 0 Å². The molecular formula is C25H30N3+. The molecule has 3 nitrogen and oxygen atoms in total. The molecule has 0 aliphatic rings. The normalized spacial score (nSPS) is 12.1. The van der Waals surface area contributed by atoms with Crippen molar-refractivity contribution in [1.82, 2.24) is 0 Å². The van der Waals surface area contributed by atoms with Gasteiger partial charge in [0.1, 0.15) is 19.6 Å². The molecule has 3 rings (SSSR count). The van der Waals surface area contributed by atoms with Crippen molar-refractivity contribution >= 4 is 5.96 Å². The molecule has 0 saturated carbocycles. The van der Waals surface area contributed by atoms with E-state index in [0.717, 1.165) is 32.6 Å². The monoisotopic (exact) mass is 372 g/mol. The quantitative estimate of drug-likeness (QED) is 0.332. The van der Waals surface area contributed by atoms with Crippen LogP contribution in [0.3, 0.4) is 0 Å². The maximum atomic E-state index is 6.70. The van der Waals surface area contributed by atoms with E-state index in [1.807, 2.05) is 0 Å². The van der Waals surface area contributed by atoms with Crippen molar-refractivity contribution in [2.24, 2.45) is 10.7 Å². The van der Waals surface area contributed by atoms with Gasteiger partial charge in [0.25, 0.3) is 5.96 Å². The van der Waals surface area contributed by atoms with E-state index in [4.69, 9.17) is 10.7 Å². The standard InChI is InChI=1S/C25H30N3/c1-2-18-27-25(26)28(19-22-12-6-3-7-13-22,20-23-14-8-4-9-15-23)21-24-16-10-5-11-17-24/h3-17H,2,18-21H2,1H3,(H2,26,27)/q+1. The van der Waals surface area contributed by atoms with Gasteiger partial charge in [0.15, 0.2) is 0 Å². The summed E-state index contributed by atoms with van der Waals surface area (Å²) in [6.45, 7) is 5.32. The third-order valence-electron chi connectivity index (χ3n) is 4.97. The van der Waals surface area contributed by atoms with Gasteiger partial charge in [-0.3, -0.25) is 0 Å². The first-order valence-corrected chi connectivity index (χ1v) is 10.0. The van der Waals surface area contributed by atoms with Crippen LogP contribution in [0.15, 0.2) is 96.0 Å². The molecule has 2 N–H and O–H groups in total. The van der Waals surface area contributed by atoms with Gasteiger partial charge in [-0.05, 0) is 6.42 Å². The number of aliphatic imine (C=N–C) groups is 1. The van der Waals surface area contributed by atoms with Crippen LogP contribution in [0.5, 0.6) is 0 Å². The summed E-state index contributed by atoms with van der Waals surface area (Å²) in [5.74, 6) is 0.707. The molecule has 0 radical (unpaired) electrons. The topological polar surface area (TPSA) is 38.4 Å². The van der Waals surface area contributed by atoms with E-state index in [1.54, 1.807) is 0 Å². The zero-order chi connectivity index (χ0) is 19.7. The molecule has 0 saturated heterocycles. The molecule has 0 unspecified atom stereocenters. The van der Waals surface area contributed by atoms with Crippen LogP contribution in [-0.2, 0) is 19.6 Å². The average molecular weight is 373 g/mol. The Kier molecular flexibility index (Phi) is 6.99. The smallest absolute Gasteiger partial charge is 0.295 e. The number of nitrogens with zero attached hydrogens (tertiary/aromatic N) is 2. The molecule has 0 aliphatic carbocycles. The molecular weight excluding hydrogens is 342 g/mol. The van der Waals surface area contributed by atoms with Gasteiger partial charge in [-0.2, -0.15) is 0 Å². The lowest BCUT2D eigenvalue weighted by Crippen LogP contribution is -2.54. The molecule has 0 bridgehead atoms. The first-order valence-electron chi connectivity index (χ1n) is 10.0. The van der Waals surface area contributed by atoms with Crippen LogP contribution in [0, 0.1) is 0 Å². The molecule has 3 aromatic carbocycles. The van der Waals surface area contributed by atoms with E-state index in [1.165, 1.54) is 16.7 Å². The third kappa shape index (κ3) is 5.30. The number of hydrogen-bond acceptors (Lipinski definition) is 1. The highest BCUT2D eigenvalue weighted by Crippen LogP contribution is 2.24. The second-order valence-corrected chi connectivity index (χ2v) is 7.32. The molecule has 144 valence electrons. The fourth-order valence-electron chi connectivity index (χ4n) is 3.59. The Labute approximate surface area is 168 Å². The highest BCUT2D eigenvalue weighted by atomic mass is 15.4. The summed E-state index contributed by atoms with van der Waals surface area (Å²) in [7, 11) is 0. The lowest BCUT2D eigenvalue weighted by Gasteiger charge is -2.37. The van der Waals surface area contributed by atoms with Crippen LogP contribution in [0.2, 0.25) is 0 Å². The maximum absolute atomic E-state index is 6.70. The van der Waals surface area contributed by atoms with E-state index in [0.29, 0.717) is 10.4 Å². The second kappa shape index (κ2) is 9.86. The minimum absolute atomic E-state index is 0.595. The summed E-state index contributed by atoms with van der Waals surface area (Å²) in [6, 6.07) is 31.8. The molecule has 28 heavy (non-hydrogen) atoms. The zero-order valence-electron chi connectivity index (χ0n) is 16.7. The Morgan fingerprint density at radius 1 is 0.679 bits per heavy atom. The minimum Gasteiger partial charge on any atom is -0.338 e. The predicted molar refractivity (Wildman–Crippen MR) is 117 cm³/mol. The Hall–Kier alpha value is -2.91. The van der Waals surface area contributed by atoms with Gasteiger partial charge in [0, 0.05) is 23.2 Å². The fraction of sp³-hybridized carbons (Fsp3) is 0.240. The van der Waals surface area contributed by atoms with Gasteiger partial charge < -0.3 is 5.73 Å². The van der Waals surface area contributed by atoms with Crippen molar-refractivity contribution in [3.05, 3.63) is 108 Å². The van der Waals surface area contributed by atoms with Crippen molar-refractivity contribution in [2.75, 3.05) is 6.54 Å². The van der Waals surface area contributed by atoms with Crippen molar-refractivity contribution < 1.29 is 4.48 Å². The SMILES string of the molecule is CCCN=C(N)[N+](Cc1ccccc1)(Cc1ccccc1)Cc1ccccc1. The number of rotatable bonds is 8. The van der Waals surface area contributed by atoms with E-state index < -0.39 is 0 Å². The van der Waals surface area contributed by atoms with Crippen molar-refractivity contribution in [2.45, 2.75) is 33.0 Å². The second-order valence-electron chi connectivity index (χ2n) is 7.32. The lowest BCUT2D eigenvalue weighted by molar-refractivity contribution is -0.883. The van der Waals surface area contributed by atoms with Crippen LogP contribution in [0.1, 0.15) is 30.0 Å². The Morgan fingerprint density at radius 2 is 1.04 bits per heavy atom. The van der Waals surface area contributed by atoms with Crippen LogP contribution in [0.4, 0.5) is 0 Å². The van der Waals surface area contributed by atoms with Gasteiger partial charge in [0.05, 0.1) is 0 Å². The first-order chi connectivity index (χ1) is 13.7. The Balaban J connectivity index is 2.05. The van der Waals surface area contributed by atoms with Crippen molar-refractivity contribution in [3.63, 3.8) is 0 Å². The third-order valence-corrected chi connectivity index (χ3v) is 4.97. The summed E-state index contributed by atoms with van der Waals surface area (Å²) in [6.07, 6.45) is 0.989. The highest BCUT2D eigenvalue weighted by Gasteiger charge is 2.34. The van der Waals surface area contributed by atoms with Crippen molar-refractivity contribution in [3.8, 4) is 0 Å². The lowest BCUT2D eigenvalue weighted by atomic mass is 10.1. The van der Waals surface area contributed by atoms with Gasteiger partial charge in [-0.1, -0.05) is 97.9 Å². The van der Waals surface area contributed by atoms with Crippen LogP contribution in [-0.4, -0.2) is 17.0 Å². The molecule has 3 heteroatoms. The fourth-order valence-corrected chi connectivity index (χ4v) is 3.59. The van der Waals surface area contributed by atoms with E-state index in [2.05, 4.69) is 97.9 Å². The number of hydrogen-bond donors (Lipinski definition) is 1. The van der Waals surface area contributed by atoms with Crippen LogP contribution in [0.25, 0.3) is 0 Å². The first kappa shape index (κ1) is 19.8. The van der Waals surface area contributed by atoms with Gasteiger partial charge in [-0.25, -0.2) is 9.48 Å². The molecule has 0 amide bonds. The predicted octanol–water partition coefficient (Wildman–Crippen LogP) is 5.13. The summed E-state index contributed by atoms with van der Waals surface area (Å²) >= 11 is 0. The Morgan fingerprint density at radius 3 is 1.36 bits per heavy atom. The number of benzene rings is 3. The maximum Gasteiger partial charge on any atom is 0.295 e. The van der Waals surface area contributed by atoms with Crippen LogP contribution < -0.4 is 5.73 Å². The Bertz CT molecular complexity index is 757. The van der Waals surface area contributed by atoms with Gasteiger partial charge in [0.2, 0.25) is 0 Å². The summed E-state index contributed by atoms with van der Waals surface area (Å²) < 4.78 is 0.595. The largest absolute Gasteiger partial charge is 0.338 e. The van der Waals surface area contributed by atoms with E-state index in [-0.39, 0.29) is 0 Å². The zero-order valence-corrected chi connectivity index (χ0v) is 16.7. The van der Waals surface area contributed by atoms with Gasteiger partial charge in [-0.15, -0.1) is 0 Å².